The lowest BCUT2D eigenvalue weighted by molar-refractivity contribution is -0.131. The highest BCUT2D eigenvalue weighted by Gasteiger charge is 2.12. The fraction of sp³-hybridized carbons (Fsp3) is 0.714. The molecule has 0 heterocycles. The number of carbonyl (C=O) groups excluding carboxylic acids is 1. The van der Waals surface area contributed by atoms with Crippen molar-refractivity contribution in [2.75, 3.05) is 19.8 Å². The first kappa shape index (κ1) is 18.4. The van der Waals surface area contributed by atoms with Crippen LogP contribution < -0.4 is 10.6 Å². The van der Waals surface area contributed by atoms with Gasteiger partial charge in [0, 0.05) is 25.5 Å². The Morgan fingerprint density at radius 2 is 1.90 bits per heavy atom. The van der Waals surface area contributed by atoms with Gasteiger partial charge in [-0.3, -0.25) is 4.79 Å². The molecule has 0 bridgehead atoms. The van der Waals surface area contributed by atoms with Crippen LogP contribution in [-0.4, -0.2) is 38.0 Å². The highest BCUT2D eigenvalue weighted by Crippen LogP contribution is 1.97. The third-order valence-electron chi connectivity index (χ3n) is 2.59. The van der Waals surface area contributed by atoms with Crippen molar-refractivity contribution in [2.45, 2.75) is 46.4 Å². The van der Waals surface area contributed by atoms with Crippen molar-refractivity contribution < 1.29 is 14.3 Å². The summed E-state index contributed by atoms with van der Waals surface area (Å²) >= 11 is 0. The lowest BCUT2D eigenvalue weighted by Crippen LogP contribution is -2.34. The first-order valence-electron chi connectivity index (χ1n) is 6.96. The Morgan fingerprint density at radius 3 is 2.35 bits per heavy atom. The van der Waals surface area contributed by atoms with Crippen molar-refractivity contribution >= 4 is 5.91 Å². The Bertz CT molecular complexity index is 344. The average Bonchev–Trinajstić information content (AvgIpc) is 2.43. The van der Waals surface area contributed by atoms with Gasteiger partial charge < -0.3 is 20.1 Å². The molecule has 0 aliphatic rings. The number of ether oxygens (including phenoxy) is 2. The van der Waals surface area contributed by atoms with Crippen LogP contribution in [0.2, 0.25) is 0 Å². The maximum Gasteiger partial charge on any atom is 0.263 e. The molecule has 20 heavy (non-hydrogen) atoms. The molecule has 0 rings (SSSR count). The molecular weight excluding hydrogens is 258 g/mol. The van der Waals surface area contributed by atoms with Crippen LogP contribution in [0.4, 0.5) is 0 Å². The average molecular weight is 283 g/mol. The molecule has 0 aromatic rings. The number of rotatable bonds is 10. The fourth-order valence-electron chi connectivity index (χ4n) is 1.35. The van der Waals surface area contributed by atoms with Gasteiger partial charge >= 0.3 is 0 Å². The maximum atomic E-state index is 11.8. The molecule has 1 atom stereocenters. The molecule has 114 valence electrons. The van der Waals surface area contributed by atoms with Gasteiger partial charge in [-0.1, -0.05) is 6.92 Å². The summed E-state index contributed by atoms with van der Waals surface area (Å²) in [5.74, 6) is -0.376. The van der Waals surface area contributed by atoms with Crippen molar-refractivity contribution in [1.29, 1.82) is 5.26 Å². The van der Waals surface area contributed by atoms with E-state index < -0.39 is 0 Å². The molecule has 0 radical (unpaired) electrons. The molecule has 0 saturated carbocycles. The Morgan fingerprint density at radius 1 is 1.30 bits per heavy atom. The predicted molar refractivity (Wildman–Crippen MR) is 76.6 cm³/mol. The highest BCUT2D eigenvalue weighted by molar-refractivity contribution is 5.97. The first-order valence-corrected chi connectivity index (χ1v) is 6.96. The molecule has 6 nitrogen and oxygen atoms in total. The van der Waals surface area contributed by atoms with Crippen LogP contribution >= 0.6 is 0 Å². The highest BCUT2D eigenvalue weighted by atomic mass is 16.7. The molecule has 0 aromatic carbocycles. The van der Waals surface area contributed by atoms with E-state index in [1.54, 1.807) is 0 Å². The quantitative estimate of drug-likeness (QED) is 0.359. The molecule has 0 aliphatic carbocycles. The Hall–Kier alpha value is -1.58. The van der Waals surface area contributed by atoms with Gasteiger partial charge in [0.25, 0.3) is 5.91 Å². The van der Waals surface area contributed by atoms with Gasteiger partial charge in [-0.15, -0.1) is 0 Å². The zero-order valence-corrected chi connectivity index (χ0v) is 12.7. The summed E-state index contributed by atoms with van der Waals surface area (Å²) in [4.78, 5) is 11.8. The summed E-state index contributed by atoms with van der Waals surface area (Å²) in [5, 5.41) is 14.6. The standard InChI is InChI=1S/C14H25N3O3/c1-5-11(4)17-14(18)12(8-15)9-16-10-13(19-6-2)20-7-3/h9,11,13,16H,5-7,10H2,1-4H3,(H,17,18)/b12-9-. The first-order chi connectivity index (χ1) is 9.58. The van der Waals surface area contributed by atoms with Crippen LogP contribution in [0.1, 0.15) is 34.1 Å². The molecule has 0 spiro atoms. The van der Waals surface area contributed by atoms with Crippen molar-refractivity contribution in [3.05, 3.63) is 11.8 Å². The summed E-state index contributed by atoms with van der Waals surface area (Å²) < 4.78 is 10.7. The van der Waals surface area contributed by atoms with E-state index in [0.29, 0.717) is 19.8 Å². The second kappa shape index (κ2) is 11.3. The zero-order chi connectivity index (χ0) is 15.4. The maximum absolute atomic E-state index is 11.8. The van der Waals surface area contributed by atoms with Gasteiger partial charge in [0.05, 0.1) is 6.54 Å². The minimum atomic E-state index is -0.390. The van der Waals surface area contributed by atoms with E-state index >= 15 is 0 Å². The predicted octanol–water partition coefficient (Wildman–Crippen LogP) is 1.30. The van der Waals surface area contributed by atoms with E-state index in [1.807, 2.05) is 33.8 Å². The number of hydrogen-bond acceptors (Lipinski definition) is 5. The van der Waals surface area contributed by atoms with Crippen LogP contribution in [-0.2, 0) is 14.3 Å². The summed E-state index contributed by atoms with van der Waals surface area (Å²) in [6.45, 7) is 9.06. The van der Waals surface area contributed by atoms with Crippen molar-refractivity contribution in [3.8, 4) is 6.07 Å². The Balaban J connectivity index is 4.37. The normalized spacial score (nSPS) is 12.9. The SMILES string of the molecule is CCOC(CN/C=C(/C#N)C(=O)NC(C)CC)OCC. The van der Waals surface area contributed by atoms with Crippen LogP contribution in [0.25, 0.3) is 0 Å². The van der Waals surface area contributed by atoms with E-state index in [2.05, 4.69) is 10.6 Å². The second-order valence-electron chi connectivity index (χ2n) is 4.20. The molecule has 6 heteroatoms. The number of nitrogens with zero attached hydrogens (tertiary/aromatic N) is 1. The van der Waals surface area contributed by atoms with Crippen LogP contribution in [0, 0.1) is 11.3 Å². The molecule has 2 N–H and O–H groups in total. The molecule has 0 fully saturated rings. The van der Waals surface area contributed by atoms with Gasteiger partial charge in [-0.05, 0) is 27.2 Å². The van der Waals surface area contributed by atoms with Crippen LogP contribution in [0.15, 0.2) is 11.8 Å². The molecule has 0 aromatic heterocycles. The number of amides is 1. The summed E-state index contributed by atoms with van der Waals surface area (Å²) in [6, 6.07) is 1.91. The summed E-state index contributed by atoms with van der Waals surface area (Å²) in [7, 11) is 0. The van der Waals surface area contributed by atoms with Crippen molar-refractivity contribution in [1.82, 2.24) is 10.6 Å². The van der Waals surface area contributed by atoms with E-state index in [4.69, 9.17) is 14.7 Å². The molecule has 0 saturated heterocycles. The minimum Gasteiger partial charge on any atom is -0.385 e. The number of nitrogens with one attached hydrogen (secondary N) is 2. The molecular formula is C14H25N3O3. The number of hydrogen-bond donors (Lipinski definition) is 2. The number of carbonyl (C=O) groups is 1. The summed E-state index contributed by atoms with van der Waals surface area (Å²) in [6.07, 6.45) is 1.82. The second-order valence-corrected chi connectivity index (χ2v) is 4.20. The van der Waals surface area contributed by atoms with Crippen LogP contribution in [0.5, 0.6) is 0 Å². The largest absolute Gasteiger partial charge is 0.385 e. The monoisotopic (exact) mass is 283 g/mol. The van der Waals surface area contributed by atoms with E-state index in [0.717, 1.165) is 6.42 Å². The van der Waals surface area contributed by atoms with Crippen LogP contribution in [0.3, 0.4) is 0 Å². The third kappa shape index (κ3) is 7.77. The smallest absolute Gasteiger partial charge is 0.263 e. The lowest BCUT2D eigenvalue weighted by atomic mass is 10.2. The molecule has 1 amide bonds. The van der Waals surface area contributed by atoms with E-state index in [1.165, 1.54) is 6.20 Å². The van der Waals surface area contributed by atoms with Crippen molar-refractivity contribution in [3.63, 3.8) is 0 Å². The minimum absolute atomic E-state index is 0.0389. The topological polar surface area (TPSA) is 83.4 Å². The zero-order valence-electron chi connectivity index (χ0n) is 12.7. The molecule has 0 aliphatic heterocycles. The Kier molecular flexibility index (Phi) is 10.4. The summed E-state index contributed by atoms with van der Waals surface area (Å²) in [5.41, 5.74) is 0.0389. The van der Waals surface area contributed by atoms with E-state index in [-0.39, 0.29) is 23.8 Å². The fourth-order valence-corrected chi connectivity index (χ4v) is 1.35. The van der Waals surface area contributed by atoms with Gasteiger partial charge in [0.15, 0.2) is 6.29 Å². The van der Waals surface area contributed by atoms with Crippen molar-refractivity contribution in [2.24, 2.45) is 0 Å². The van der Waals surface area contributed by atoms with Gasteiger partial charge in [-0.25, -0.2) is 0 Å². The third-order valence-corrected chi connectivity index (χ3v) is 2.59. The van der Waals surface area contributed by atoms with Gasteiger partial charge in [-0.2, -0.15) is 5.26 Å². The van der Waals surface area contributed by atoms with E-state index in [9.17, 15) is 4.79 Å². The Labute approximate surface area is 121 Å². The number of nitriles is 1. The van der Waals surface area contributed by atoms with Gasteiger partial charge in [0.1, 0.15) is 11.6 Å². The molecule has 1 unspecified atom stereocenters. The van der Waals surface area contributed by atoms with Gasteiger partial charge in [0.2, 0.25) is 0 Å². The lowest BCUT2D eigenvalue weighted by Gasteiger charge is -2.16.